The fourth-order valence-corrected chi connectivity index (χ4v) is 1.96. The predicted molar refractivity (Wildman–Crippen MR) is 56.2 cm³/mol. The van der Waals surface area contributed by atoms with Crippen molar-refractivity contribution in [1.29, 1.82) is 0 Å². The van der Waals surface area contributed by atoms with E-state index in [0.717, 1.165) is 0 Å². The van der Waals surface area contributed by atoms with Crippen LogP contribution < -0.4 is 4.74 Å². The average molecular weight is 364 g/mol. The Kier molecular flexibility index (Phi) is 3.84. The molecule has 0 amide bonds. The quantitative estimate of drug-likeness (QED) is 0.593. The zero-order valence-corrected chi connectivity index (χ0v) is 10.3. The van der Waals surface area contributed by atoms with E-state index in [1.165, 1.54) is 13.3 Å². The Labute approximate surface area is 96.0 Å². The number of hydrogen-bond acceptors (Lipinski definition) is 2. The third-order valence-electron chi connectivity index (χ3n) is 1.40. The van der Waals surface area contributed by atoms with Crippen molar-refractivity contribution in [2.24, 2.45) is 0 Å². The van der Waals surface area contributed by atoms with Crippen molar-refractivity contribution in [2.45, 2.75) is 6.43 Å². The van der Waals surface area contributed by atoms with Crippen LogP contribution in [-0.2, 0) is 0 Å². The Balaban J connectivity index is 3.35. The van der Waals surface area contributed by atoms with Gasteiger partial charge in [-0.15, -0.1) is 0 Å². The minimum atomic E-state index is -2.58. The molecule has 0 fully saturated rings. The lowest BCUT2D eigenvalue weighted by atomic mass is 10.3. The van der Waals surface area contributed by atoms with Crippen LogP contribution in [0.15, 0.2) is 10.7 Å². The van der Waals surface area contributed by atoms with Gasteiger partial charge >= 0.3 is 0 Å². The molecule has 0 spiro atoms. The second-order valence-electron chi connectivity index (χ2n) is 2.14. The van der Waals surface area contributed by atoms with E-state index < -0.39 is 6.43 Å². The SMILES string of the molecule is COc1c(Br)cnc(I)c1C(F)F. The standard InChI is InChI=1S/C7H5BrF2INO/c1-13-5-3(8)2-12-7(11)4(5)6(9)10/h2,6H,1H3. The van der Waals surface area contributed by atoms with Crippen LogP contribution in [0.5, 0.6) is 5.75 Å². The zero-order chi connectivity index (χ0) is 10.0. The van der Waals surface area contributed by atoms with Gasteiger partial charge in [0.05, 0.1) is 17.1 Å². The first kappa shape index (κ1) is 11.1. The second kappa shape index (κ2) is 4.50. The number of aromatic nitrogens is 1. The van der Waals surface area contributed by atoms with Crippen molar-refractivity contribution in [3.05, 3.63) is 19.9 Å². The number of halogens is 4. The molecule has 2 nitrogen and oxygen atoms in total. The van der Waals surface area contributed by atoms with Crippen LogP contribution in [0.1, 0.15) is 12.0 Å². The lowest BCUT2D eigenvalue weighted by Gasteiger charge is -2.10. The molecule has 1 rings (SSSR count). The number of alkyl halides is 2. The topological polar surface area (TPSA) is 22.1 Å². The van der Waals surface area contributed by atoms with E-state index in [1.807, 2.05) is 0 Å². The van der Waals surface area contributed by atoms with Crippen LogP contribution in [0.25, 0.3) is 0 Å². The Morgan fingerprint density at radius 2 is 2.23 bits per heavy atom. The van der Waals surface area contributed by atoms with Gasteiger partial charge in [0.1, 0.15) is 9.45 Å². The van der Waals surface area contributed by atoms with Gasteiger partial charge in [-0.25, -0.2) is 13.8 Å². The maximum Gasteiger partial charge on any atom is 0.270 e. The summed E-state index contributed by atoms with van der Waals surface area (Å²) in [6.07, 6.45) is -1.14. The molecule has 0 saturated carbocycles. The number of methoxy groups -OCH3 is 1. The molecule has 0 atom stereocenters. The van der Waals surface area contributed by atoms with Crippen molar-refractivity contribution in [3.63, 3.8) is 0 Å². The molecule has 6 heteroatoms. The van der Waals surface area contributed by atoms with E-state index in [2.05, 4.69) is 20.9 Å². The largest absolute Gasteiger partial charge is 0.495 e. The van der Waals surface area contributed by atoms with Crippen LogP contribution >= 0.6 is 38.5 Å². The van der Waals surface area contributed by atoms with E-state index in [0.29, 0.717) is 4.47 Å². The first-order valence-electron chi connectivity index (χ1n) is 3.24. The van der Waals surface area contributed by atoms with Crippen LogP contribution in [0.2, 0.25) is 0 Å². The summed E-state index contributed by atoms with van der Waals surface area (Å²) in [4.78, 5) is 3.79. The number of nitrogens with zero attached hydrogens (tertiary/aromatic N) is 1. The summed E-state index contributed by atoms with van der Waals surface area (Å²) in [6, 6.07) is 0. The van der Waals surface area contributed by atoms with Crippen molar-refractivity contribution in [2.75, 3.05) is 7.11 Å². The number of ether oxygens (including phenoxy) is 1. The van der Waals surface area contributed by atoms with Crippen molar-refractivity contribution in [1.82, 2.24) is 4.98 Å². The van der Waals surface area contributed by atoms with Crippen LogP contribution in [-0.4, -0.2) is 12.1 Å². The fourth-order valence-electron chi connectivity index (χ4n) is 0.860. The summed E-state index contributed by atoms with van der Waals surface area (Å²) in [5.41, 5.74) is -0.169. The van der Waals surface area contributed by atoms with E-state index in [9.17, 15) is 8.78 Å². The van der Waals surface area contributed by atoms with Crippen molar-refractivity contribution >= 4 is 38.5 Å². The molecule has 1 heterocycles. The monoisotopic (exact) mass is 363 g/mol. The minimum absolute atomic E-state index is 0.148. The van der Waals surface area contributed by atoms with Gasteiger partial charge in [-0.05, 0) is 38.5 Å². The highest BCUT2D eigenvalue weighted by Crippen LogP contribution is 2.36. The summed E-state index contributed by atoms with van der Waals surface area (Å²) in [6.45, 7) is 0. The summed E-state index contributed by atoms with van der Waals surface area (Å²) in [5.74, 6) is 0.148. The normalized spacial score (nSPS) is 10.6. The number of hydrogen-bond donors (Lipinski definition) is 0. The van der Waals surface area contributed by atoms with Gasteiger partial charge in [-0.3, -0.25) is 0 Å². The fraction of sp³-hybridized carbons (Fsp3) is 0.286. The van der Waals surface area contributed by atoms with Gasteiger partial charge in [-0.2, -0.15) is 0 Å². The van der Waals surface area contributed by atoms with E-state index >= 15 is 0 Å². The van der Waals surface area contributed by atoms with E-state index in [4.69, 9.17) is 4.74 Å². The molecule has 1 aromatic rings. The summed E-state index contributed by atoms with van der Waals surface area (Å²) >= 11 is 4.83. The molecule has 0 N–H and O–H groups in total. The maximum atomic E-state index is 12.5. The van der Waals surface area contributed by atoms with Crippen LogP contribution in [0, 0.1) is 3.70 Å². The third kappa shape index (κ3) is 2.28. The van der Waals surface area contributed by atoms with Crippen LogP contribution in [0.4, 0.5) is 8.78 Å². The Bertz CT molecular complexity index is 322. The minimum Gasteiger partial charge on any atom is -0.495 e. The highest BCUT2D eigenvalue weighted by atomic mass is 127. The molecule has 0 radical (unpaired) electrons. The lowest BCUT2D eigenvalue weighted by Crippen LogP contribution is -1.99. The van der Waals surface area contributed by atoms with Crippen molar-refractivity contribution < 1.29 is 13.5 Å². The van der Waals surface area contributed by atoms with Gasteiger partial charge < -0.3 is 4.74 Å². The molecule has 0 bridgehead atoms. The maximum absolute atomic E-state index is 12.5. The molecule has 0 aliphatic carbocycles. The molecule has 0 saturated heterocycles. The number of rotatable bonds is 2. The van der Waals surface area contributed by atoms with Gasteiger partial charge in [-0.1, -0.05) is 0 Å². The molecule has 13 heavy (non-hydrogen) atoms. The average Bonchev–Trinajstić information content (AvgIpc) is 2.07. The van der Waals surface area contributed by atoms with E-state index in [-0.39, 0.29) is 15.0 Å². The molecule has 0 aliphatic rings. The first-order chi connectivity index (χ1) is 6.07. The molecule has 0 aromatic carbocycles. The van der Waals surface area contributed by atoms with Crippen molar-refractivity contribution in [3.8, 4) is 5.75 Å². The second-order valence-corrected chi connectivity index (χ2v) is 4.02. The van der Waals surface area contributed by atoms with E-state index in [1.54, 1.807) is 22.6 Å². The molecule has 0 aliphatic heterocycles. The zero-order valence-electron chi connectivity index (χ0n) is 6.52. The molecular formula is C7H5BrF2INO. The number of pyridine rings is 1. The Morgan fingerprint density at radius 3 is 2.62 bits per heavy atom. The summed E-state index contributed by atoms with van der Waals surface area (Å²) in [5, 5.41) is 0. The molecule has 0 unspecified atom stereocenters. The molecule has 72 valence electrons. The van der Waals surface area contributed by atoms with Gasteiger partial charge in [0, 0.05) is 6.20 Å². The highest BCUT2D eigenvalue weighted by Gasteiger charge is 2.20. The van der Waals surface area contributed by atoms with Crippen LogP contribution in [0.3, 0.4) is 0 Å². The highest BCUT2D eigenvalue weighted by molar-refractivity contribution is 14.1. The van der Waals surface area contributed by atoms with Gasteiger partial charge in [0.2, 0.25) is 0 Å². The molecule has 1 aromatic heterocycles. The lowest BCUT2D eigenvalue weighted by molar-refractivity contribution is 0.145. The first-order valence-corrected chi connectivity index (χ1v) is 5.11. The van der Waals surface area contributed by atoms with Gasteiger partial charge in [0.15, 0.2) is 0 Å². The summed E-state index contributed by atoms with van der Waals surface area (Å²) < 4.78 is 30.6. The Hall–Kier alpha value is 0.0200. The smallest absolute Gasteiger partial charge is 0.270 e. The summed E-state index contributed by atoms with van der Waals surface area (Å²) in [7, 11) is 1.35. The molecular weight excluding hydrogens is 359 g/mol. The van der Waals surface area contributed by atoms with Gasteiger partial charge in [0.25, 0.3) is 6.43 Å². The third-order valence-corrected chi connectivity index (χ3v) is 2.82. The predicted octanol–water partition coefficient (Wildman–Crippen LogP) is 3.39. The Morgan fingerprint density at radius 1 is 1.62 bits per heavy atom.